The van der Waals surface area contributed by atoms with E-state index in [2.05, 4.69) is 15.4 Å². The van der Waals surface area contributed by atoms with Gasteiger partial charge in [-0.25, -0.2) is 9.50 Å². The fraction of sp³-hybridized carbons (Fsp3) is 0.462. The number of rotatable bonds is 3. The monoisotopic (exact) mass is 259 g/mol. The number of likely N-dealkylation sites (tertiary alicyclic amines) is 1. The average molecular weight is 259 g/mol. The van der Waals surface area contributed by atoms with E-state index in [1.165, 1.54) is 6.42 Å². The summed E-state index contributed by atoms with van der Waals surface area (Å²) in [5, 5.41) is 7.25. The number of amides is 1. The van der Waals surface area contributed by atoms with Crippen LogP contribution in [0.25, 0.3) is 5.52 Å². The zero-order chi connectivity index (χ0) is 13.1. The second-order valence-electron chi connectivity index (χ2n) is 4.73. The van der Waals surface area contributed by atoms with Crippen molar-refractivity contribution < 1.29 is 4.79 Å². The maximum absolute atomic E-state index is 12.1. The summed E-state index contributed by atoms with van der Waals surface area (Å²) in [5.41, 5.74) is 0.883. The van der Waals surface area contributed by atoms with E-state index in [0.717, 1.165) is 31.4 Å². The van der Waals surface area contributed by atoms with Gasteiger partial charge in [-0.1, -0.05) is 0 Å². The number of anilines is 1. The van der Waals surface area contributed by atoms with Crippen molar-refractivity contribution in [3.8, 4) is 0 Å². The van der Waals surface area contributed by atoms with Crippen molar-refractivity contribution in [2.45, 2.75) is 19.3 Å². The maximum Gasteiger partial charge on any atom is 0.241 e. The lowest BCUT2D eigenvalue weighted by Crippen LogP contribution is -2.39. The Labute approximate surface area is 111 Å². The Balaban J connectivity index is 1.65. The van der Waals surface area contributed by atoms with Gasteiger partial charge in [0.2, 0.25) is 5.91 Å². The van der Waals surface area contributed by atoms with Crippen molar-refractivity contribution in [3.05, 3.63) is 24.7 Å². The predicted octanol–water partition coefficient (Wildman–Crippen LogP) is 1.15. The summed E-state index contributed by atoms with van der Waals surface area (Å²) in [6, 6.07) is 1.88. The Morgan fingerprint density at radius 2 is 2.11 bits per heavy atom. The molecule has 19 heavy (non-hydrogen) atoms. The molecule has 1 aliphatic heterocycles. The van der Waals surface area contributed by atoms with Crippen molar-refractivity contribution in [2.24, 2.45) is 0 Å². The molecule has 0 atom stereocenters. The minimum atomic E-state index is 0.142. The van der Waals surface area contributed by atoms with Gasteiger partial charge in [0.1, 0.15) is 5.52 Å². The number of nitrogens with zero attached hydrogens (tertiary/aromatic N) is 4. The van der Waals surface area contributed by atoms with Crippen LogP contribution in [0.1, 0.15) is 19.3 Å². The molecular weight excluding hydrogens is 242 g/mol. The summed E-state index contributed by atoms with van der Waals surface area (Å²) in [6.07, 6.45) is 8.63. The van der Waals surface area contributed by atoms with E-state index in [9.17, 15) is 4.79 Å². The van der Waals surface area contributed by atoms with Gasteiger partial charge in [-0.15, -0.1) is 0 Å². The van der Waals surface area contributed by atoms with E-state index in [-0.39, 0.29) is 12.5 Å². The Bertz CT molecular complexity index is 573. The van der Waals surface area contributed by atoms with E-state index >= 15 is 0 Å². The fourth-order valence-corrected chi connectivity index (χ4v) is 2.41. The highest BCUT2D eigenvalue weighted by Gasteiger charge is 2.16. The SMILES string of the molecule is O=C(CNc1nccn2nccc12)N1CCCCC1. The number of aromatic nitrogens is 3. The first-order valence-electron chi connectivity index (χ1n) is 6.64. The van der Waals surface area contributed by atoms with Gasteiger partial charge < -0.3 is 10.2 Å². The lowest BCUT2D eigenvalue weighted by Gasteiger charge is -2.26. The maximum atomic E-state index is 12.1. The number of hydrogen-bond acceptors (Lipinski definition) is 4. The van der Waals surface area contributed by atoms with Crippen LogP contribution < -0.4 is 5.32 Å². The number of carbonyl (C=O) groups is 1. The molecule has 0 bridgehead atoms. The lowest BCUT2D eigenvalue weighted by atomic mass is 10.1. The van der Waals surface area contributed by atoms with Crippen molar-refractivity contribution in [2.75, 3.05) is 25.0 Å². The summed E-state index contributed by atoms with van der Waals surface area (Å²) < 4.78 is 1.74. The first-order valence-corrected chi connectivity index (χ1v) is 6.64. The van der Waals surface area contributed by atoms with Gasteiger partial charge in [0.15, 0.2) is 5.82 Å². The third kappa shape index (κ3) is 2.52. The number of hydrogen-bond donors (Lipinski definition) is 1. The first kappa shape index (κ1) is 12.0. The summed E-state index contributed by atoms with van der Waals surface area (Å²) in [7, 11) is 0. The second-order valence-corrected chi connectivity index (χ2v) is 4.73. The molecular formula is C13H17N5O. The van der Waals surface area contributed by atoms with Crippen LogP contribution in [0.5, 0.6) is 0 Å². The molecule has 0 aromatic carbocycles. The van der Waals surface area contributed by atoms with Gasteiger partial charge in [0.05, 0.1) is 12.7 Å². The van der Waals surface area contributed by atoms with Crippen LogP contribution >= 0.6 is 0 Å². The highest BCUT2D eigenvalue weighted by atomic mass is 16.2. The molecule has 6 nitrogen and oxygen atoms in total. The molecule has 0 aliphatic carbocycles. The minimum absolute atomic E-state index is 0.142. The van der Waals surface area contributed by atoms with Crippen LogP contribution in [0.2, 0.25) is 0 Å². The fourth-order valence-electron chi connectivity index (χ4n) is 2.41. The van der Waals surface area contributed by atoms with Crippen LogP contribution in [0, 0.1) is 0 Å². The molecule has 2 aromatic rings. The number of carbonyl (C=O) groups excluding carboxylic acids is 1. The molecule has 1 aliphatic rings. The van der Waals surface area contributed by atoms with Crippen LogP contribution in [-0.4, -0.2) is 45.0 Å². The Kier molecular flexibility index (Phi) is 3.31. The molecule has 1 amide bonds. The molecule has 3 heterocycles. The van der Waals surface area contributed by atoms with Gasteiger partial charge in [0, 0.05) is 25.5 Å². The van der Waals surface area contributed by atoms with Crippen LogP contribution in [0.4, 0.5) is 5.82 Å². The minimum Gasteiger partial charge on any atom is -0.359 e. The third-order valence-corrected chi connectivity index (χ3v) is 3.44. The van der Waals surface area contributed by atoms with Crippen molar-refractivity contribution in [1.82, 2.24) is 19.5 Å². The van der Waals surface area contributed by atoms with Gasteiger partial charge in [-0.2, -0.15) is 5.10 Å². The zero-order valence-corrected chi connectivity index (χ0v) is 10.7. The van der Waals surface area contributed by atoms with Crippen molar-refractivity contribution >= 4 is 17.2 Å². The van der Waals surface area contributed by atoms with Gasteiger partial charge >= 0.3 is 0 Å². The number of nitrogens with one attached hydrogen (secondary N) is 1. The number of piperidine rings is 1. The molecule has 3 rings (SSSR count). The molecule has 2 aromatic heterocycles. The Morgan fingerprint density at radius 1 is 1.26 bits per heavy atom. The zero-order valence-electron chi connectivity index (χ0n) is 10.7. The van der Waals surface area contributed by atoms with Crippen LogP contribution in [0.15, 0.2) is 24.7 Å². The normalized spacial score (nSPS) is 15.7. The molecule has 100 valence electrons. The smallest absolute Gasteiger partial charge is 0.241 e. The first-order chi connectivity index (χ1) is 9.34. The average Bonchev–Trinajstić information content (AvgIpc) is 2.94. The molecule has 1 fully saturated rings. The highest BCUT2D eigenvalue weighted by Crippen LogP contribution is 2.13. The van der Waals surface area contributed by atoms with Crippen molar-refractivity contribution in [1.29, 1.82) is 0 Å². The molecule has 0 unspecified atom stereocenters. The topological polar surface area (TPSA) is 62.5 Å². The van der Waals surface area contributed by atoms with E-state index in [0.29, 0.717) is 5.82 Å². The molecule has 6 heteroatoms. The standard InChI is InChI=1S/C13H17N5O/c19-12(17-7-2-1-3-8-17)10-15-13-11-4-5-16-18(11)9-6-14-13/h4-6,9H,1-3,7-8,10H2,(H,14,15). The largest absolute Gasteiger partial charge is 0.359 e. The quantitative estimate of drug-likeness (QED) is 0.898. The number of fused-ring (bicyclic) bond motifs is 1. The van der Waals surface area contributed by atoms with Crippen molar-refractivity contribution in [3.63, 3.8) is 0 Å². The van der Waals surface area contributed by atoms with Crippen LogP contribution in [-0.2, 0) is 4.79 Å². The van der Waals surface area contributed by atoms with E-state index < -0.39 is 0 Å². The lowest BCUT2D eigenvalue weighted by molar-refractivity contribution is -0.130. The molecule has 0 radical (unpaired) electrons. The van der Waals surface area contributed by atoms with Gasteiger partial charge in [0.25, 0.3) is 0 Å². The van der Waals surface area contributed by atoms with Gasteiger partial charge in [-0.3, -0.25) is 4.79 Å². The molecule has 1 saturated heterocycles. The summed E-state index contributed by atoms with van der Waals surface area (Å²) in [6.45, 7) is 2.05. The van der Waals surface area contributed by atoms with E-state index in [1.54, 1.807) is 23.1 Å². The second kappa shape index (κ2) is 5.26. The van der Waals surface area contributed by atoms with Crippen LogP contribution in [0.3, 0.4) is 0 Å². The molecule has 1 N–H and O–H groups in total. The summed E-state index contributed by atoms with van der Waals surface area (Å²) in [4.78, 5) is 18.2. The van der Waals surface area contributed by atoms with Gasteiger partial charge in [-0.05, 0) is 25.3 Å². The van der Waals surface area contributed by atoms with E-state index in [4.69, 9.17) is 0 Å². The third-order valence-electron chi connectivity index (χ3n) is 3.44. The highest BCUT2D eigenvalue weighted by molar-refractivity contribution is 5.82. The summed E-state index contributed by atoms with van der Waals surface area (Å²) in [5.74, 6) is 0.841. The Hall–Kier alpha value is -2.11. The predicted molar refractivity (Wildman–Crippen MR) is 71.9 cm³/mol. The summed E-state index contributed by atoms with van der Waals surface area (Å²) >= 11 is 0. The Morgan fingerprint density at radius 3 is 2.95 bits per heavy atom. The van der Waals surface area contributed by atoms with E-state index in [1.807, 2.05) is 11.0 Å². The molecule has 0 spiro atoms. The molecule has 0 saturated carbocycles.